The SMILES string of the molecule is COC(=O)c1c(OC)cccc1B(O)O. The Labute approximate surface area is 87.4 Å². The molecule has 5 nitrogen and oxygen atoms in total. The van der Waals surface area contributed by atoms with Crippen LogP contribution in [0.4, 0.5) is 0 Å². The first-order chi connectivity index (χ1) is 7.11. The third-order valence-electron chi connectivity index (χ3n) is 1.95. The molecule has 80 valence electrons. The van der Waals surface area contributed by atoms with Crippen LogP contribution in [0.15, 0.2) is 18.2 Å². The molecule has 0 atom stereocenters. The van der Waals surface area contributed by atoms with Gasteiger partial charge < -0.3 is 19.5 Å². The van der Waals surface area contributed by atoms with E-state index in [0.29, 0.717) is 0 Å². The smallest absolute Gasteiger partial charge is 0.489 e. The van der Waals surface area contributed by atoms with Gasteiger partial charge in [0.2, 0.25) is 0 Å². The van der Waals surface area contributed by atoms with Crippen LogP contribution < -0.4 is 10.2 Å². The molecule has 0 aromatic heterocycles. The van der Waals surface area contributed by atoms with Crippen molar-refractivity contribution in [2.24, 2.45) is 0 Å². The molecule has 0 saturated carbocycles. The van der Waals surface area contributed by atoms with Crippen molar-refractivity contribution in [2.75, 3.05) is 14.2 Å². The fraction of sp³-hybridized carbons (Fsp3) is 0.222. The second kappa shape index (κ2) is 4.81. The highest BCUT2D eigenvalue weighted by atomic mass is 16.5. The first-order valence-corrected chi connectivity index (χ1v) is 4.23. The van der Waals surface area contributed by atoms with Gasteiger partial charge in [-0.3, -0.25) is 0 Å². The Hall–Kier alpha value is -1.53. The summed E-state index contributed by atoms with van der Waals surface area (Å²) in [6, 6.07) is 4.51. The highest BCUT2D eigenvalue weighted by Crippen LogP contribution is 2.16. The van der Waals surface area contributed by atoms with Crippen LogP contribution in [0.1, 0.15) is 10.4 Å². The molecule has 0 aliphatic carbocycles. The molecule has 0 unspecified atom stereocenters. The van der Waals surface area contributed by atoms with E-state index in [1.54, 1.807) is 6.07 Å². The topological polar surface area (TPSA) is 76.0 Å². The molecular weight excluding hydrogens is 199 g/mol. The molecule has 0 saturated heterocycles. The van der Waals surface area contributed by atoms with Gasteiger partial charge in [-0.2, -0.15) is 0 Å². The maximum Gasteiger partial charge on any atom is 0.489 e. The second-order valence-corrected chi connectivity index (χ2v) is 2.79. The van der Waals surface area contributed by atoms with Gasteiger partial charge in [0, 0.05) is 5.46 Å². The highest BCUT2D eigenvalue weighted by molar-refractivity contribution is 6.60. The summed E-state index contributed by atoms with van der Waals surface area (Å²) in [4.78, 5) is 11.4. The van der Waals surface area contributed by atoms with Gasteiger partial charge in [0.05, 0.1) is 14.2 Å². The summed E-state index contributed by atoms with van der Waals surface area (Å²) < 4.78 is 9.46. The molecule has 1 rings (SSSR count). The standard InChI is InChI=1S/C9H11BO5/c1-14-7-5-3-4-6(10(12)13)8(7)9(11)15-2/h3-5,12-13H,1-2H3. The van der Waals surface area contributed by atoms with Gasteiger partial charge in [0.15, 0.2) is 0 Å². The Balaban J connectivity index is 3.33. The lowest BCUT2D eigenvalue weighted by atomic mass is 9.76. The monoisotopic (exact) mass is 210 g/mol. The maximum absolute atomic E-state index is 11.4. The summed E-state index contributed by atoms with van der Waals surface area (Å²) in [5.74, 6) is -0.428. The van der Waals surface area contributed by atoms with Crippen molar-refractivity contribution in [3.63, 3.8) is 0 Å². The van der Waals surface area contributed by atoms with Crippen molar-refractivity contribution in [2.45, 2.75) is 0 Å². The van der Waals surface area contributed by atoms with Crippen LogP contribution in [0.3, 0.4) is 0 Å². The maximum atomic E-state index is 11.4. The molecule has 0 aliphatic rings. The largest absolute Gasteiger partial charge is 0.496 e. The number of benzene rings is 1. The lowest BCUT2D eigenvalue weighted by Gasteiger charge is -2.11. The van der Waals surface area contributed by atoms with Gasteiger partial charge >= 0.3 is 13.1 Å². The number of rotatable bonds is 3. The van der Waals surface area contributed by atoms with Gasteiger partial charge in [-0.1, -0.05) is 12.1 Å². The van der Waals surface area contributed by atoms with Crippen molar-refractivity contribution in [3.05, 3.63) is 23.8 Å². The number of methoxy groups -OCH3 is 2. The molecule has 2 N–H and O–H groups in total. The van der Waals surface area contributed by atoms with E-state index in [9.17, 15) is 4.79 Å². The second-order valence-electron chi connectivity index (χ2n) is 2.79. The Bertz CT molecular complexity index is 364. The number of hydrogen-bond acceptors (Lipinski definition) is 5. The van der Waals surface area contributed by atoms with Crippen LogP contribution in [0, 0.1) is 0 Å². The van der Waals surface area contributed by atoms with Crippen LogP contribution in [-0.2, 0) is 4.74 Å². The molecule has 1 aromatic rings. The van der Waals surface area contributed by atoms with Crippen LogP contribution in [0.25, 0.3) is 0 Å². The fourth-order valence-corrected chi connectivity index (χ4v) is 1.25. The Morgan fingerprint density at radius 2 is 2.00 bits per heavy atom. The lowest BCUT2D eigenvalue weighted by Crippen LogP contribution is -2.35. The zero-order valence-corrected chi connectivity index (χ0v) is 8.43. The molecule has 0 spiro atoms. The molecular formula is C9H11BO5. The molecule has 0 aliphatic heterocycles. The minimum atomic E-state index is -1.74. The van der Waals surface area contributed by atoms with E-state index < -0.39 is 13.1 Å². The van der Waals surface area contributed by atoms with E-state index in [2.05, 4.69) is 4.74 Å². The van der Waals surface area contributed by atoms with Crippen molar-refractivity contribution in [3.8, 4) is 5.75 Å². The van der Waals surface area contributed by atoms with Crippen LogP contribution in [-0.4, -0.2) is 37.4 Å². The van der Waals surface area contributed by atoms with E-state index in [4.69, 9.17) is 14.8 Å². The fourth-order valence-electron chi connectivity index (χ4n) is 1.25. The van der Waals surface area contributed by atoms with Crippen LogP contribution in [0.5, 0.6) is 5.75 Å². The number of ether oxygens (including phenoxy) is 2. The highest BCUT2D eigenvalue weighted by Gasteiger charge is 2.24. The molecule has 6 heteroatoms. The summed E-state index contributed by atoms with van der Waals surface area (Å²) in [7, 11) is 0.853. The molecule has 0 bridgehead atoms. The summed E-state index contributed by atoms with van der Waals surface area (Å²) in [6.45, 7) is 0. The van der Waals surface area contributed by atoms with Crippen LogP contribution >= 0.6 is 0 Å². The minimum Gasteiger partial charge on any atom is -0.496 e. The number of carbonyl (C=O) groups excluding carboxylic acids is 1. The quantitative estimate of drug-likeness (QED) is 0.502. The molecule has 1 aromatic carbocycles. The van der Waals surface area contributed by atoms with Crippen molar-refractivity contribution in [1.29, 1.82) is 0 Å². The van der Waals surface area contributed by atoms with E-state index >= 15 is 0 Å². The lowest BCUT2D eigenvalue weighted by molar-refractivity contribution is 0.0598. The van der Waals surface area contributed by atoms with E-state index in [1.165, 1.54) is 26.4 Å². The number of hydrogen-bond donors (Lipinski definition) is 2. The van der Waals surface area contributed by atoms with Gasteiger partial charge in [0.25, 0.3) is 0 Å². The molecule has 0 fully saturated rings. The average molecular weight is 210 g/mol. The first kappa shape index (κ1) is 11.5. The average Bonchev–Trinajstić information content (AvgIpc) is 2.26. The normalized spacial score (nSPS) is 9.60. The Morgan fingerprint density at radius 1 is 1.33 bits per heavy atom. The summed E-state index contributed by atoms with van der Waals surface area (Å²) >= 11 is 0. The predicted molar refractivity (Wildman–Crippen MR) is 54.2 cm³/mol. The predicted octanol–water partition coefficient (Wildman–Crippen LogP) is -0.838. The van der Waals surface area contributed by atoms with Crippen molar-refractivity contribution in [1.82, 2.24) is 0 Å². The summed E-state index contributed by atoms with van der Waals surface area (Å²) in [5, 5.41) is 18.1. The summed E-state index contributed by atoms with van der Waals surface area (Å²) in [6.07, 6.45) is 0. The number of esters is 1. The third kappa shape index (κ3) is 2.29. The third-order valence-corrected chi connectivity index (χ3v) is 1.95. The van der Waals surface area contributed by atoms with E-state index in [-0.39, 0.29) is 16.8 Å². The zero-order valence-electron chi connectivity index (χ0n) is 8.43. The Morgan fingerprint density at radius 3 is 2.47 bits per heavy atom. The number of carbonyl (C=O) groups is 1. The van der Waals surface area contributed by atoms with E-state index in [1.807, 2.05) is 0 Å². The van der Waals surface area contributed by atoms with Gasteiger partial charge in [-0.05, 0) is 6.07 Å². The van der Waals surface area contributed by atoms with Crippen molar-refractivity contribution >= 4 is 18.6 Å². The van der Waals surface area contributed by atoms with E-state index in [0.717, 1.165) is 0 Å². The van der Waals surface area contributed by atoms with Crippen molar-refractivity contribution < 1.29 is 24.3 Å². The molecule has 0 radical (unpaired) electrons. The summed E-state index contributed by atoms with van der Waals surface area (Å²) in [5.41, 5.74) is 0.0821. The minimum absolute atomic E-state index is 0.0255. The first-order valence-electron chi connectivity index (χ1n) is 4.23. The van der Waals surface area contributed by atoms with Gasteiger partial charge in [-0.15, -0.1) is 0 Å². The molecule has 0 heterocycles. The molecule has 0 amide bonds. The van der Waals surface area contributed by atoms with Gasteiger partial charge in [-0.25, -0.2) is 4.79 Å². The molecule has 15 heavy (non-hydrogen) atoms. The van der Waals surface area contributed by atoms with Crippen LogP contribution in [0.2, 0.25) is 0 Å². The Kier molecular flexibility index (Phi) is 3.71. The van der Waals surface area contributed by atoms with Gasteiger partial charge in [0.1, 0.15) is 11.3 Å². The zero-order chi connectivity index (χ0) is 11.4.